The van der Waals surface area contributed by atoms with Gasteiger partial charge in [-0.2, -0.15) is 13.2 Å². The molecule has 0 saturated heterocycles. The third kappa shape index (κ3) is 2.84. The molecule has 0 rings (SSSR count). The van der Waals surface area contributed by atoms with E-state index < -0.39 is 18.3 Å². The van der Waals surface area contributed by atoms with Gasteiger partial charge in [-0.05, 0) is 0 Å². The molecule has 0 aromatic heterocycles. The Bertz CT molecular complexity index is 126. The second-order valence-corrected chi connectivity index (χ2v) is 1.38. The molecular weight excluding hydrogens is 133 g/mol. The van der Waals surface area contributed by atoms with E-state index in [4.69, 9.17) is 10.8 Å². The number of halogens is 3. The zero-order valence-corrected chi connectivity index (χ0v) is 4.42. The molecule has 5 heteroatoms. The molecule has 0 bridgehead atoms. The molecule has 0 unspecified atom stereocenters. The molecule has 0 amide bonds. The molecular formula is C4H5F3N2. The zero-order chi connectivity index (χ0) is 7.49. The Morgan fingerprint density at radius 3 is 2.00 bits per heavy atom. The Hall–Kier alpha value is -0.870. The van der Waals surface area contributed by atoms with Gasteiger partial charge >= 0.3 is 6.18 Å². The largest absolute Gasteiger partial charge is 0.429 e. The first-order valence-electron chi connectivity index (χ1n) is 2.12. The summed E-state index contributed by atoms with van der Waals surface area (Å²) in [5.74, 6) is 0. The first kappa shape index (κ1) is 8.13. The summed E-state index contributed by atoms with van der Waals surface area (Å²) in [6, 6.07) is 0. The molecule has 2 nitrogen and oxygen atoms in total. The van der Waals surface area contributed by atoms with Gasteiger partial charge in [0.25, 0.3) is 0 Å². The highest BCUT2D eigenvalue weighted by Crippen LogP contribution is 2.16. The quantitative estimate of drug-likeness (QED) is 0.544. The van der Waals surface area contributed by atoms with Crippen molar-refractivity contribution >= 4 is 11.9 Å². The summed E-state index contributed by atoms with van der Waals surface area (Å²) in [5.41, 5.74) is -1.38. The van der Waals surface area contributed by atoms with Crippen LogP contribution in [0, 0.1) is 10.8 Å². The lowest BCUT2D eigenvalue weighted by molar-refractivity contribution is -0.0604. The summed E-state index contributed by atoms with van der Waals surface area (Å²) in [4.78, 5) is 0. The standard InChI is InChI=1S/C4H5F3N2/c5-4(6,7)3(9)1-2-8/h2,8-9H,1H2. The van der Waals surface area contributed by atoms with Crippen LogP contribution in [0.4, 0.5) is 13.2 Å². The van der Waals surface area contributed by atoms with Crippen molar-refractivity contribution in [3.8, 4) is 0 Å². The second kappa shape index (κ2) is 2.61. The van der Waals surface area contributed by atoms with Crippen LogP contribution in [0.25, 0.3) is 0 Å². The summed E-state index contributed by atoms with van der Waals surface area (Å²) in [6.07, 6.45) is -4.64. The molecule has 52 valence electrons. The topological polar surface area (TPSA) is 47.7 Å². The van der Waals surface area contributed by atoms with Gasteiger partial charge in [0.1, 0.15) is 5.71 Å². The zero-order valence-electron chi connectivity index (χ0n) is 4.42. The van der Waals surface area contributed by atoms with Crippen LogP contribution >= 0.6 is 0 Å². The van der Waals surface area contributed by atoms with Gasteiger partial charge < -0.3 is 10.8 Å². The molecule has 0 heterocycles. The van der Waals surface area contributed by atoms with Crippen LogP contribution in [-0.4, -0.2) is 18.1 Å². The number of rotatable bonds is 2. The Morgan fingerprint density at radius 2 is 1.89 bits per heavy atom. The van der Waals surface area contributed by atoms with Crippen LogP contribution in [0.15, 0.2) is 0 Å². The highest BCUT2D eigenvalue weighted by atomic mass is 19.4. The van der Waals surface area contributed by atoms with E-state index in [1.807, 2.05) is 0 Å². The van der Waals surface area contributed by atoms with Crippen LogP contribution in [-0.2, 0) is 0 Å². The van der Waals surface area contributed by atoms with E-state index >= 15 is 0 Å². The van der Waals surface area contributed by atoms with Gasteiger partial charge in [-0.1, -0.05) is 0 Å². The molecule has 2 N–H and O–H groups in total. The Kier molecular flexibility index (Phi) is 2.36. The van der Waals surface area contributed by atoms with Crippen molar-refractivity contribution in [1.82, 2.24) is 0 Å². The van der Waals surface area contributed by atoms with Gasteiger partial charge in [-0.3, -0.25) is 0 Å². The fourth-order valence-corrected chi connectivity index (χ4v) is 0.218. The van der Waals surface area contributed by atoms with Crippen molar-refractivity contribution in [2.24, 2.45) is 0 Å². The maximum atomic E-state index is 11.3. The fraction of sp³-hybridized carbons (Fsp3) is 0.500. The number of nitrogens with one attached hydrogen (secondary N) is 2. The molecule has 9 heavy (non-hydrogen) atoms. The Labute approximate surface area is 49.7 Å². The lowest BCUT2D eigenvalue weighted by atomic mass is 10.3. The minimum atomic E-state index is -4.56. The third-order valence-electron chi connectivity index (χ3n) is 0.648. The van der Waals surface area contributed by atoms with Crippen LogP contribution in [0.2, 0.25) is 0 Å². The molecule has 0 radical (unpaired) electrons. The van der Waals surface area contributed by atoms with E-state index in [2.05, 4.69) is 0 Å². The normalized spacial score (nSPS) is 11.0. The second-order valence-electron chi connectivity index (χ2n) is 1.38. The average Bonchev–Trinajstić information content (AvgIpc) is 1.64. The SMILES string of the molecule is N=CCC(=N)C(F)(F)F. The van der Waals surface area contributed by atoms with Crippen LogP contribution in [0.1, 0.15) is 6.42 Å². The fourth-order valence-electron chi connectivity index (χ4n) is 0.218. The monoisotopic (exact) mass is 138 g/mol. The number of alkyl halides is 3. The van der Waals surface area contributed by atoms with Crippen molar-refractivity contribution < 1.29 is 13.2 Å². The first-order valence-corrected chi connectivity index (χ1v) is 2.12. The molecule has 0 aliphatic carbocycles. The van der Waals surface area contributed by atoms with Crippen molar-refractivity contribution in [2.45, 2.75) is 12.6 Å². The molecule has 0 saturated carbocycles. The first-order chi connectivity index (χ1) is 3.98. The smallest absolute Gasteiger partial charge is 0.313 e. The van der Waals surface area contributed by atoms with Gasteiger partial charge in [0.2, 0.25) is 0 Å². The van der Waals surface area contributed by atoms with E-state index in [-0.39, 0.29) is 0 Å². The molecule has 0 atom stereocenters. The predicted molar refractivity (Wildman–Crippen MR) is 27.2 cm³/mol. The van der Waals surface area contributed by atoms with E-state index in [1.165, 1.54) is 0 Å². The molecule has 0 spiro atoms. The third-order valence-corrected chi connectivity index (χ3v) is 0.648. The molecule has 0 aliphatic heterocycles. The highest BCUT2D eigenvalue weighted by Gasteiger charge is 2.32. The van der Waals surface area contributed by atoms with Crippen molar-refractivity contribution in [3.63, 3.8) is 0 Å². The minimum absolute atomic E-state index is 0.551. The van der Waals surface area contributed by atoms with Crippen LogP contribution in [0.3, 0.4) is 0 Å². The van der Waals surface area contributed by atoms with Gasteiger partial charge in [0.15, 0.2) is 0 Å². The molecule has 0 fully saturated rings. The summed E-state index contributed by atoms with van der Waals surface area (Å²) < 4.78 is 33.9. The maximum Gasteiger partial charge on any atom is 0.429 e. The van der Waals surface area contributed by atoms with Gasteiger partial charge in [0.05, 0.1) is 0 Å². The summed E-state index contributed by atoms with van der Waals surface area (Å²) in [5, 5.41) is 12.5. The Morgan fingerprint density at radius 1 is 1.44 bits per heavy atom. The number of hydrogen-bond donors (Lipinski definition) is 2. The van der Waals surface area contributed by atoms with Crippen molar-refractivity contribution in [1.29, 1.82) is 10.8 Å². The molecule has 0 aliphatic rings. The van der Waals surface area contributed by atoms with Gasteiger partial charge in [-0.25, -0.2) is 0 Å². The molecule has 0 aromatic carbocycles. The van der Waals surface area contributed by atoms with E-state index in [1.54, 1.807) is 0 Å². The van der Waals surface area contributed by atoms with E-state index in [0.29, 0.717) is 6.21 Å². The van der Waals surface area contributed by atoms with Crippen molar-refractivity contribution in [2.75, 3.05) is 0 Å². The lowest BCUT2D eigenvalue weighted by Gasteiger charge is -2.03. The van der Waals surface area contributed by atoms with Crippen LogP contribution in [0.5, 0.6) is 0 Å². The maximum absolute atomic E-state index is 11.3. The Balaban J connectivity index is 3.88. The predicted octanol–water partition coefficient (Wildman–Crippen LogP) is 1.61. The number of hydrogen-bond acceptors (Lipinski definition) is 2. The lowest BCUT2D eigenvalue weighted by Crippen LogP contribution is -2.21. The summed E-state index contributed by atoms with van der Waals surface area (Å²) in [7, 11) is 0. The summed E-state index contributed by atoms with van der Waals surface area (Å²) >= 11 is 0. The van der Waals surface area contributed by atoms with Gasteiger partial charge in [-0.15, -0.1) is 0 Å². The highest BCUT2D eigenvalue weighted by molar-refractivity contribution is 5.96. The minimum Gasteiger partial charge on any atom is -0.313 e. The van der Waals surface area contributed by atoms with E-state index in [9.17, 15) is 13.2 Å². The molecule has 0 aromatic rings. The summed E-state index contributed by atoms with van der Waals surface area (Å²) in [6.45, 7) is 0. The van der Waals surface area contributed by atoms with Crippen LogP contribution < -0.4 is 0 Å². The average molecular weight is 138 g/mol. The van der Waals surface area contributed by atoms with Crippen molar-refractivity contribution in [3.05, 3.63) is 0 Å². The van der Waals surface area contributed by atoms with Gasteiger partial charge in [0, 0.05) is 12.6 Å². The van der Waals surface area contributed by atoms with E-state index in [0.717, 1.165) is 0 Å².